The first-order chi connectivity index (χ1) is 33.0. The number of hydrogen-bond acceptors (Lipinski definition) is 2. The predicted molar refractivity (Wildman–Crippen MR) is 304 cm³/mol. The van der Waals surface area contributed by atoms with E-state index in [0.717, 1.165) is 0 Å². The second-order valence-electron chi connectivity index (χ2n) is 25.9. The third-order valence-corrected chi connectivity index (χ3v) is 17.4. The van der Waals surface area contributed by atoms with Crippen molar-refractivity contribution in [1.82, 2.24) is 0 Å². The monoisotopic (exact) mass is 931 g/mol. The minimum absolute atomic E-state index is 0.0429. The molecule has 2 nitrogen and oxygen atoms in total. The molecule has 3 aliphatic rings. The Labute approximate surface area is 425 Å². The first kappa shape index (κ1) is 49.9. The van der Waals surface area contributed by atoms with E-state index in [1.165, 1.54) is 141 Å². The summed E-state index contributed by atoms with van der Waals surface area (Å²) in [6.45, 7) is 37.5. The van der Waals surface area contributed by atoms with Gasteiger partial charge in [0.25, 0.3) is 0 Å². The normalized spacial score (nSPS) is 20.7. The van der Waals surface area contributed by atoms with Crippen LogP contribution >= 0.6 is 0 Å². The van der Waals surface area contributed by atoms with Crippen LogP contribution in [-0.4, -0.2) is 0 Å². The number of aryl methyl sites for hydroxylation is 6. The van der Waals surface area contributed by atoms with Crippen molar-refractivity contribution < 1.29 is 0 Å². The number of rotatable bonds is 12. The van der Waals surface area contributed by atoms with Crippen LogP contribution in [0.2, 0.25) is 0 Å². The van der Waals surface area contributed by atoms with Crippen molar-refractivity contribution in [2.75, 3.05) is 9.80 Å². The summed E-state index contributed by atoms with van der Waals surface area (Å²) in [7, 11) is 0. The molecule has 0 unspecified atom stereocenters. The molecule has 0 radical (unpaired) electrons. The Morgan fingerprint density at radius 3 is 1.01 bits per heavy atom. The van der Waals surface area contributed by atoms with Crippen LogP contribution in [0.3, 0.4) is 0 Å². The Kier molecular flexibility index (Phi) is 13.2. The maximum Gasteiger partial charge on any atom is 0.0520 e. The van der Waals surface area contributed by atoms with Crippen molar-refractivity contribution in [3.63, 3.8) is 0 Å². The molecule has 0 spiro atoms. The third kappa shape index (κ3) is 8.98. The van der Waals surface area contributed by atoms with E-state index in [9.17, 15) is 0 Å². The maximum absolute atomic E-state index is 2.72. The molecule has 0 heterocycles. The number of fused-ring (bicyclic) bond motifs is 3. The lowest BCUT2D eigenvalue weighted by molar-refractivity contribution is 0.299. The highest BCUT2D eigenvalue weighted by molar-refractivity contribution is 5.89. The van der Waals surface area contributed by atoms with Gasteiger partial charge in [-0.05, 0) is 206 Å². The molecule has 0 N–H and O–H groups in total. The molecule has 0 saturated heterocycles. The highest BCUT2D eigenvalue weighted by Gasteiger charge is 2.66. The zero-order valence-electron chi connectivity index (χ0n) is 46.3. The molecule has 9 rings (SSSR count). The topological polar surface area (TPSA) is 6.48 Å². The summed E-state index contributed by atoms with van der Waals surface area (Å²) in [5.41, 5.74) is 24.7. The van der Waals surface area contributed by atoms with Crippen molar-refractivity contribution in [1.29, 1.82) is 0 Å². The molecule has 0 bridgehead atoms. The molecule has 6 aromatic carbocycles. The molecule has 6 aromatic rings. The van der Waals surface area contributed by atoms with E-state index in [2.05, 4.69) is 230 Å². The smallest absolute Gasteiger partial charge is 0.0520 e. The van der Waals surface area contributed by atoms with E-state index < -0.39 is 0 Å². The summed E-state index contributed by atoms with van der Waals surface area (Å²) in [5.74, 6) is 2.77. The van der Waals surface area contributed by atoms with Crippen molar-refractivity contribution in [3.8, 4) is 11.1 Å². The van der Waals surface area contributed by atoms with Gasteiger partial charge in [-0.25, -0.2) is 0 Å². The van der Waals surface area contributed by atoms with E-state index in [1.54, 1.807) is 11.1 Å². The van der Waals surface area contributed by atoms with Crippen LogP contribution in [0.15, 0.2) is 109 Å². The molecule has 2 heteroatoms. The Morgan fingerprint density at radius 1 is 0.429 bits per heavy atom. The molecule has 2 fully saturated rings. The van der Waals surface area contributed by atoms with Gasteiger partial charge >= 0.3 is 0 Å². The van der Waals surface area contributed by atoms with Gasteiger partial charge in [0.15, 0.2) is 0 Å². The van der Waals surface area contributed by atoms with E-state index in [1.807, 2.05) is 0 Å². The summed E-state index contributed by atoms with van der Waals surface area (Å²) in [4.78, 5) is 5.22. The minimum Gasteiger partial charge on any atom is -0.310 e. The van der Waals surface area contributed by atoms with Gasteiger partial charge in [0.1, 0.15) is 0 Å². The van der Waals surface area contributed by atoms with Crippen LogP contribution in [0.5, 0.6) is 0 Å². The van der Waals surface area contributed by atoms with Gasteiger partial charge in [0.2, 0.25) is 0 Å². The molecule has 70 heavy (non-hydrogen) atoms. The summed E-state index contributed by atoms with van der Waals surface area (Å²) in [6, 6.07) is 43.8. The standard InChI is InChI=1S/C68H86N2/c1-43(2)17-23-51-39-67-41-52(24-18-44(3)4)42-68(67,40-51)62-38-58(70(56-27-21-46(6)22-28-56)64-49(9)35-54(36-50(64)10)66(14,15)16)30-32-60(62)59-31-29-57(37-61(59)67)69(55-25-19-45(5)20-26-55)63-47(7)33-53(34-48(63)8)65(11,12)13/h19-22,25-38,43-44,51-52H,17-18,23-24,39-42H2,1-16H3. The third-order valence-electron chi connectivity index (χ3n) is 17.4. The molecule has 368 valence electrons. The van der Waals surface area contributed by atoms with Crippen LogP contribution in [0.25, 0.3) is 11.1 Å². The van der Waals surface area contributed by atoms with Crippen molar-refractivity contribution in [2.24, 2.45) is 23.7 Å². The minimum atomic E-state index is 0.0429. The summed E-state index contributed by atoms with van der Waals surface area (Å²) in [6.07, 6.45) is 10.3. The van der Waals surface area contributed by atoms with E-state index in [-0.39, 0.29) is 21.7 Å². The van der Waals surface area contributed by atoms with Crippen LogP contribution in [0, 0.1) is 65.2 Å². The predicted octanol–water partition coefficient (Wildman–Crippen LogP) is 19.9. The van der Waals surface area contributed by atoms with Gasteiger partial charge in [-0.2, -0.15) is 0 Å². The number of nitrogens with zero attached hydrogens (tertiary/aromatic N) is 2. The molecule has 0 amide bonds. The second-order valence-corrected chi connectivity index (χ2v) is 25.9. The lowest BCUT2D eigenvalue weighted by Gasteiger charge is -2.48. The van der Waals surface area contributed by atoms with E-state index in [4.69, 9.17) is 0 Å². The average molecular weight is 931 g/mol. The molecular formula is C68H86N2. The molecule has 0 atom stereocenters. The lowest BCUT2D eigenvalue weighted by atomic mass is 9.55. The number of benzene rings is 6. The zero-order chi connectivity index (χ0) is 50.2. The molecular weight excluding hydrogens is 845 g/mol. The lowest BCUT2D eigenvalue weighted by Crippen LogP contribution is -2.43. The van der Waals surface area contributed by atoms with E-state index in [0.29, 0.717) is 23.7 Å². The quantitative estimate of drug-likeness (QED) is 0.121. The molecule has 0 aromatic heterocycles. The second kappa shape index (κ2) is 18.5. The van der Waals surface area contributed by atoms with Crippen molar-refractivity contribution >= 4 is 34.1 Å². The van der Waals surface area contributed by atoms with Crippen LogP contribution in [0.1, 0.15) is 176 Å². The fourth-order valence-electron chi connectivity index (χ4n) is 13.9. The highest BCUT2D eigenvalue weighted by atomic mass is 15.2. The first-order valence-corrected chi connectivity index (χ1v) is 27.3. The van der Waals surface area contributed by atoms with Crippen molar-refractivity contribution in [3.05, 3.63) is 165 Å². The van der Waals surface area contributed by atoms with Gasteiger partial charge in [-0.15, -0.1) is 0 Å². The number of anilines is 6. The zero-order valence-corrected chi connectivity index (χ0v) is 46.3. The maximum atomic E-state index is 2.72. The molecule has 3 aliphatic carbocycles. The van der Waals surface area contributed by atoms with Gasteiger partial charge < -0.3 is 9.80 Å². The van der Waals surface area contributed by atoms with Gasteiger partial charge in [-0.3, -0.25) is 0 Å². The van der Waals surface area contributed by atoms with E-state index >= 15 is 0 Å². The van der Waals surface area contributed by atoms with Gasteiger partial charge in [0.05, 0.1) is 11.4 Å². The van der Waals surface area contributed by atoms with Gasteiger partial charge in [-0.1, -0.05) is 167 Å². The van der Waals surface area contributed by atoms with Crippen LogP contribution in [-0.2, 0) is 21.7 Å². The molecule has 0 aliphatic heterocycles. The van der Waals surface area contributed by atoms with Crippen LogP contribution in [0.4, 0.5) is 34.1 Å². The van der Waals surface area contributed by atoms with Crippen LogP contribution < -0.4 is 9.80 Å². The van der Waals surface area contributed by atoms with Gasteiger partial charge in [0, 0.05) is 33.6 Å². The Hall–Kier alpha value is -5.08. The average Bonchev–Trinajstić information content (AvgIpc) is 3.79. The first-order valence-electron chi connectivity index (χ1n) is 27.3. The Bertz CT molecular complexity index is 2620. The van der Waals surface area contributed by atoms with Crippen molar-refractivity contribution in [2.45, 2.75) is 184 Å². The SMILES string of the molecule is Cc1ccc(N(c2ccc3c(c2)C24CC(CCC(C)C)CC2(CC(CCC(C)C)C4)c2cc(N(c4ccc(C)cc4)c4c(C)cc(C(C)(C)C)cc4C)ccc2-3)c2c(C)cc(C(C)(C)C)cc2C)cc1. The number of hydrogen-bond donors (Lipinski definition) is 0. The summed E-state index contributed by atoms with van der Waals surface area (Å²) < 4.78 is 0. The molecule has 2 saturated carbocycles. The fraction of sp³-hybridized carbons (Fsp3) is 0.471. The fourth-order valence-corrected chi connectivity index (χ4v) is 13.9. The highest BCUT2D eigenvalue weighted by Crippen LogP contribution is 2.73. The summed E-state index contributed by atoms with van der Waals surface area (Å²) in [5, 5.41) is 0. The largest absolute Gasteiger partial charge is 0.310 e. The summed E-state index contributed by atoms with van der Waals surface area (Å²) >= 11 is 0. The Balaban J connectivity index is 1.31. The Morgan fingerprint density at radius 2 is 0.729 bits per heavy atom.